The molecule has 0 amide bonds. The van der Waals surface area contributed by atoms with E-state index in [0.717, 1.165) is 0 Å². The SMILES string of the molecule is C[C@]1(OC(=O)c2ccccc2)[C@H](OC(=O)c2ccccc2)OC(COC(=O)c2ccccc2)[C@H]1OC(=O)c1ccccc1. The molecule has 0 aromatic heterocycles. The summed E-state index contributed by atoms with van der Waals surface area (Å²) in [6.07, 6.45) is -4.07. The Morgan fingerprint density at radius 1 is 0.581 bits per heavy atom. The van der Waals surface area contributed by atoms with Crippen molar-refractivity contribution in [2.75, 3.05) is 6.61 Å². The molecule has 1 unspecified atom stereocenters. The van der Waals surface area contributed by atoms with Gasteiger partial charge in [0.05, 0.1) is 22.3 Å². The fourth-order valence-corrected chi connectivity index (χ4v) is 4.58. The van der Waals surface area contributed by atoms with Crippen LogP contribution in [0.4, 0.5) is 0 Å². The average molecular weight is 581 g/mol. The van der Waals surface area contributed by atoms with Crippen molar-refractivity contribution in [1.82, 2.24) is 0 Å². The molecule has 4 atom stereocenters. The molecule has 5 rings (SSSR count). The fraction of sp³-hybridized carbons (Fsp3) is 0.176. The molecule has 0 N–H and O–H groups in total. The lowest BCUT2D eigenvalue weighted by atomic mass is 9.96. The van der Waals surface area contributed by atoms with Gasteiger partial charge in [-0.25, -0.2) is 19.2 Å². The minimum absolute atomic E-state index is 0.212. The van der Waals surface area contributed by atoms with Gasteiger partial charge in [-0.15, -0.1) is 0 Å². The maximum absolute atomic E-state index is 13.3. The molecule has 1 aliphatic rings. The topological polar surface area (TPSA) is 114 Å². The van der Waals surface area contributed by atoms with Gasteiger partial charge in [-0.1, -0.05) is 72.8 Å². The molecule has 1 fully saturated rings. The molecule has 1 heterocycles. The van der Waals surface area contributed by atoms with Crippen LogP contribution in [0.15, 0.2) is 121 Å². The summed E-state index contributed by atoms with van der Waals surface area (Å²) in [5.41, 5.74) is -0.901. The van der Waals surface area contributed by atoms with Crippen molar-refractivity contribution in [3.05, 3.63) is 144 Å². The van der Waals surface area contributed by atoms with Gasteiger partial charge in [0.25, 0.3) is 0 Å². The van der Waals surface area contributed by atoms with Gasteiger partial charge in [-0.2, -0.15) is 0 Å². The summed E-state index contributed by atoms with van der Waals surface area (Å²) >= 11 is 0. The number of rotatable bonds is 9. The largest absolute Gasteiger partial charge is 0.459 e. The average Bonchev–Trinajstić information content (AvgIpc) is 3.30. The molecule has 0 bridgehead atoms. The van der Waals surface area contributed by atoms with E-state index in [9.17, 15) is 19.2 Å². The number of carbonyl (C=O) groups is 4. The molecule has 0 saturated carbocycles. The summed E-state index contributed by atoms with van der Waals surface area (Å²) in [6.45, 7) is 1.04. The Morgan fingerprint density at radius 3 is 1.44 bits per heavy atom. The zero-order valence-corrected chi connectivity index (χ0v) is 23.2. The molecule has 0 spiro atoms. The molecule has 4 aromatic carbocycles. The first kappa shape index (κ1) is 29.2. The van der Waals surface area contributed by atoms with Gasteiger partial charge in [0.15, 0.2) is 6.10 Å². The van der Waals surface area contributed by atoms with Crippen molar-refractivity contribution in [1.29, 1.82) is 0 Å². The predicted octanol–water partition coefficient (Wildman–Crippen LogP) is 5.27. The van der Waals surface area contributed by atoms with Gasteiger partial charge in [0.1, 0.15) is 12.7 Å². The van der Waals surface area contributed by atoms with Crippen LogP contribution in [0.25, 0.3) is 0 Å². The second-order valence-corrected chi connectivity index (χ2v) is 9.87. The van der Waals surface area contributed by atoms with Crippen molar-refractivity contribution in [3.63, 3.8) is 0 Å². The highest BCUT2D eigenvalue weighted by molar-refractivity contribution is 5.91. The summed E-state index contributed by atoms with van der Waals surface area (Å²) in [5.74, 6) is -2.92. The highest BCUT2D eigenvalue weighted by atomic mass is 16.8. The summed E-state index contributed by atoms with van der Waals surface area (Å²) in [7, 11) is 0. The minimum Gasteiger partial charge on any atom is -0.459 e. The van der Waals surface area contributed by atoms with Crippen molar-refractivity contribution < 1.29 is 42.9 Å². The van der Waals surface area contributed by atoms with Gasteiger partial charge in [0, 0.05) is 0 Å². The van der Waals surface area contributed by atoms with Gasteiger partial charge < -0.3 is 23.7 Å². The maximum Gasteiger partial charge on any atom is 0.340 e. The number of hydrogen-bond donors (Lipinski definition) is 0. The van der Waals surface area contributed by atoms with Crippen LogP contribution < -0.4 is 0 Å². The zero-order valence-electron chi connectivity index (χ0n) is 23.2. The van der Waals surface area contributed by atoms with Crippen LogP contribution in [0.5, 0.6) is 0 Å². The van der Waals surface area contributed by atoms with Crippen molar-refractivity contribution >= 4 is 23.9 Å². The van der Waals surface area contributed by atoms with Crippen LogP contribution >= 0.6 is 0 Å². The second kappa shape index (κ2) is 13.1. The Kier molecular flexibility index (Phi) is 8.93. The number of carbonyl (C=O) groups excluding carboxylic acids is 4. The van der Waals surface area contributed by atoms with Gasteiger partial charge >= 0.3 is 23.9 Å². The molecule has 4 aromatic rings. The monoisotopic (exact) mass is 580 g/mol. The van der Waals surface area contributed by atoms with Crippen LogP contribution in [0, 0.1) is 0 Å². The first-order valence-corrected chi connectivity index (χ1v) is 13.5. The van der Waals surface area contributed by atoms with Gasteiger partial charge in [0.2, 0.25) is 11.9 Å². The molecule has 1 saturated heterocycles. The summed E-state index contributed by atoms with van der Waals surface area (Å²) in [6, 6.07) is 32.8. The second-order valence-electron chi connectivity index (χ2n) is 9.87. The molecule has 9 nitrogen and oxygen atoms in total. The number of esters is 4. The van der Waals surface area contributed by atoms with Crippen LogP contribution in [0.1, 0.15) is 48.4 Å². The van der Waals surface area contributed by atoms with Gasteiger partial charge in [-0.3, -0.25) is 0 Å². The van der Waals surface area contributed by atoms with Gasteiger partial charge in [-0.05, 0) is 55.5 Å². The number of benzene rings is 4. The summed E-state index contributed by atoms with van der Waals surface area (Å²) < 4.78 is 29.1. The summed E-state index contributed by atoms with van der Waals surface area (Å²) in [4.78, 5) is 52.5. The highest BCUT2D eigenvalue weighted by Gasteiger charge is 2.61. The molecular weight excluding hydrogens is 552 g/mol. The first-order valence-electron chi connectivity index (χ1n) is 13.5. The third-order valence-corrected chi connectivity index (χ3v) is 6.85. The van der Waals surface area contributed by atoms with E-state index < -0.39 is 54.6 Å². The molecule has 0 radical (unpaired) electrons. The van der Waals surface area contributed by atoms with E-state index in [2.05, 4.69) is 0 Å². The highest BCUT2D eigenvalue weighted by Crippen LogP contribution is 2.39. The Labute approximate surface area is 247 Å². The van der Waals surface area contributed by atoms with E-state index in [4.69, 9.17) is 23.7 Å². The lowest BCUT2D eigenvalue weighted by Crippen LogP contribution is -2.53. The number of hydrogen-bond acceptors (Lipinski definition) is 9. The molecule has 1 aliphatic heterocycles. The molecule has 43 heavy (non-hydrogen) atoms. The van der Waals surface area contributed by atoms with E-state index in [1.165, 1.54) is 6.92 Å². The van der Waals surface area contributed by atoms with Crippen molar-refractivity contribution in [2.24, 2.45) is 0 Å². The number of ether oxygens (including phenoxy) is 5. The van der Waals surface area contributed by atoms with Crippen LogP contribution in [0.2, 0.25) is 0 Å². The molecule has 0 aliphatic carbocycles. The maximum atomic E-state index is 13.3. The molecular formula is C34H28O9. The van der Waals surface area contributed by atoms with E-state index in [-0.39, 0.29) is 16.7 Å². The summed E-state index contributed by atoms with van der Waals surface area (Å²) in [5, 5.41) is 0. The fourth-order valence-electron chi connectivity index (χ4n) is 4.58. The normalized spacial score (nSPS) is 20.9. The van der Waals surface area contributed by atoms with E-state index in [1.807, 2.05) is 0 Å². The van der Waals surface area contributed by atoms with E-state index >= 15 is 0 Å². The zero-order chi connectivity index (χ0) is 30.2. The smallest absolute Gasteiger partial charge is 0.340 e. The van der Waals surface area contributed by atoms with Crippen LogP contribution in [-0.4, -0.2) is 54.6 Å². The first-order chi connectivity index (χ1) is 20.8. The Morgan fingerprint density at radius 2 is 0.977 bits per heavy atom. The van der Waals surface area contributed by atoms with Crippen LogP contribution in [0.3, 0.4) is 0 Å². The van der Waals surface area contributed by atoms with Crippen molar-refractivity contribution in [3.8, 4) is 0 Å². The van der Waals surface area contributed by atoms with E-state index in [1.54, 1.807) is 121 Å². The third kappa shape index (κ3) is 6.79. The Bertz CT molecular complexity index is 1560. The Hall–Kier alpha value is -5.28. The van der Waals surface area contributed by atoms with E-state index in [0.29, 0.717) is 5.56 Å². The van der Waals surface area contributed by atoms with Crippen LogP contribution in [-0.2, 0) is 23.7 Å². The quantitative estimate of drug-likeness (QED) is 0.193. The molecule has 218 valence electrons. The Balaban J connectivity index is 1.48. The standard InChI is InChI=1S/C34H28O9/c1-34(43-32(38)26-20-12-5-13-21-26)28(41-30(36)24-16-8-3-9-17-24)27(22-39-29(35)23-14-6-2-7-15-23)40-33(34)42-31(37)25-18-10-4-11-19-25/h2-21,27-28,33H,22H2,1H3/t27?,28-,33+,34-/m1/s1. The lowest BCUT2D eigenvalue weighted by molar-refractivity contribution is -0.175. The van der Waals surface area contributed by atoms with Crippen molar-refractivity contribution in [2.45, 2.75) is 31.0 Å². The molecule has 9 heteroatoms. The lowest BCUT2D eigenvalue weighted by Gasteiger charge is -2.33. The minimum atomic E-state index is -1.86. The predicted molar refractivity (Wildman–Crippen MR) is 153 cm³/mol. The third-order valence-electron chi connectivity index (χ3n) is 6.85.